The SMILES string of the molecule is Cc1cc(Br)cc(C)c1NC(=O)C1(C)CCCCN1. The molecule has 1 aromatic rings. The van der Waals surface area contributed by atoms with Gasteiger partial charge in [-0.1, -0.05) is 15.9 Å². The van der Waals surface area contributed by atoms with Crippen LogP contribution >= 0.6 is 15.9 Å². The van der Waals surface area contributed by atoms with E-state index in [9.17, 15) is 4.79 Å². The molecule has 0 radical (unpaired) electrons. The predicted octanol–water partition coefficient (Wildman–Crippen LogP) is 3.54. The van der Waals surface area contributed by atoms with E-state index in [1.807, 2.05) is 32.9 Å². The highest BCUT2D eigenvalue weighted by atomic mass is 79.9. The molecule has 1 heterocycles. The smallest absolute Gasteiger partial charge is 0.244 e. The molecule has 1 fully saturated rings. The van der Waals surface area contributed by atoms with Gasteiger partial charge in [0.05, 0.1) is 5.54 Å². The topological polar surface area (TPSA) is 41.1 Å². The lowest BCUT2D eigenvalue weighted by atomic mass is 9.90. The Hall–Kier alpha value is -0.870. The van der Waals surface area contributed by atoms with Gasteiger partial charge in [0.2, 0.25) is 5.91 Å². The Labute approximate surface area is 123 Å². The van der Waals surface area contributed by atoms with Crippen LogP contribution in [-0.2, 0) is 4.79 Å². The minimum Gasteiger partial charge on any atom is -0.324 e. The molecule has 1 aliphatic heterocycles. The van der Waals surface area contributed by atoms with Gasteiger partial charge in [-0.25, -0.2) is 0 Å². The molecule has 1 unspecified atom stereocenters. The van der Waals surface area contributed by atoms with Crippen molar-refractivity contribution in [1.82, 2.24) is 5.32 Å². The minimum atomic E-state index is -0.440. The van der Waals surface area contributed by atoms with Crippen LogP contribution in [0.4, 0.5) is 5.69 Å². The van der Waals surface area contributed by atoms with Gasteiger partial charge in [-0.3, -0.25) is 4.79 Å². The number of piperidine rings is 1. The number of benzene rings is 1. The number of rotatable bonds is 2. The summed E-state index contributed by atoms with van der Waals surface area (Å²) in [5.41, 5.74) is 2.66. The number of hydrogen-bond acceptors (Lipinski definition) is 2. The van der Waals surface area contributed by atoms with Crippen molar-refractivity contribution in [2.24, 2.45) is 0 Å². The number of carbonyl (C=O) groups excluding carboxylic acids is 1. The number of aryl methyl sites for hydroxylation is 2. The van der Waals surface area contributed by atoms with Crippen LogP contribution in [0.25, 0.3) is 0 Å². The molecule has 0 aliphatic carbocycles. The first-order valence-electron chi connectivity index (χ1n) is 6.75. The quantitative estimate of drug-likeness (QED) is 0.873. The molecule has 0 spiro atoms. The molecule has 3 nitrogen and oxygen atoms in total. The summed E-state index contributed by atoms with van der Waals surface area (Å²) in [4.78, 5) is 12.5. The third kappa shape index (κ3) is 3.18. The molecule has 2 rings (SSSR count). The van der Waals surface area contributed by atoms with Crippen molar-refractivity contribution in [2.45, 2.75) is 45.6 Å². The molecule has 0 bridgehead atoms. The van der Waals surface area contributed by atoms with E-state index in [1.54, 1.807) is 0 Å². The summed E-state index contributed by atoms with van der Waals surface area (Å²) in [6, 6.07) is 4.05. The van der Waals surface area contributed by atoms with Crippen molar-refractivity contribution in [3.05, 3.63) is 27.7 Å². The summed E-state index contributed by atoms with van der Waals surface area (Å²) in [6.45, 7) is 6.95. The maximum absolute atomic E-state index is 12.5. The average molecular weight is 325 g/mol. The molecule has 104 valence electrons. The maximum Gasteiger partial charge on any atom is 0.244 e. The predicted molar refractivity (Wildman–Crippen MR) is 82.5 cm³/mol. The number of nitrogens with one attached hydrogen (secondary N) is 2. The Morgan fingerprint density at radius 1 is 1.32 bits per heavy atom. The Bertz CT molecular complexity index is 470. The monoisotopic (exact) mass is 324 g/mol. The summed E-state index contributed by atoms with van der Waals surface area (Å²) in [5.74, 6) is 0.0701. The Kier molecular flexibility index (Phi) is 4.31. The molecule has 0 saturated carbocycles. The summed E-state index contributed by atoms with van der Waals surface area (Å²) < 4.78 is 1.04. The zero-order valence-corrected chi connectivity index (χ0v) is 13.4. The number of amides is 1. The normalized spacial score (nSPS) is 23.2. The molecule has 4 heteroatoms. The third-order valence-electron chi connectivity index (χ3n) is 3.86. The first kappa shape index (κ1) is 14.5. The zero-order valence-electron chi connectivity index (χ0n) is 11.8. The van der Waals surface area contributed by atoms with Crippen LogP contribution in [0.1, 0.15) is 37.3 Å². The zero-order chi connectivity index (χ0) is 14.0. The third-order valence-corrected chi connectivity index (χ3v) is 4.31. The highest BCUT2D eigenvalue weighted by molar-refractivity contribution is 9.10. The van der Waals surface area contributed by atoms with Crippen LogP contribution < -0.4 is 10.6 Å². The van der Waals surface area contributed by atoms with Crippen LogP contribution in [0, 0.1) is 13.8 Å². The molecule has 1 aromatic carbocycles. The standard InChI is InChI=1S/C15H21BrN2O/c1-10-8-12(16)9-11(2)13(10)18-14(19)15(3)6-4-5-7-17-15/h8-9,17H,4-7H2,1-3H3,(H,18,19). The molecule has 1 amide bonds. The molecule has 1 aliphatic rings. The highest BCUT2D eigenvalue weighted by Crippen LogP contribution is 2.27. The maximum atomic E-state index is 12.5. The number of halogens is 1. The van der Waals surface area contributed by atoms with Gasteiger partial charge < -0.3 is 10.6 Å². The van der Waals surface area contributed by atoms with Crippen molar-refractivity contribution < 1.29 is 4.79 Å². The Balaban J connectivity index is 2.19. The fraction of sp³-hybridized carbons (Fsp3) is 0.533. The van der Waals surface area contributed by atoms with Gasteiger partial charge in [-0.05, 0) is 69.8 Å². The number of carbonyl (C=O) groups is 1. The van der Waals surface area contributed by atoms with E-state index in [4.69, 9.17) is 0 Å². The van der Waals surface area contributed by atoms with E-state index < -0.39 is 5.54 Å². The highest BCUT2D eigenvalue weighted by Gasteiger charge is 2.34. The summed E-state index contributed by atoms with van der Waals surface area (Å²) in [7, 11) is 0. The first-order chi connectivity index (χ1) is 8.92. The lowest BCUT2D eigenvalue weighted by molar-refractivity contribution is -0.122. The van der Waals surface area contributed by atoms with Crippen molar-refractivity contribution in [2.75, 3.05) is 11.9 Å². The van der Waals surface area contributed by atoms with Gasteiger partial charge in [0.1, 0.15) is 0 Å². The molecule has 1 atom stereocenters. The Morgan fingerprint density at radius 2 is 1.95 bits per heavy atom. The van der Waals surface area contributed by atoms with Crippen molar-refractivity contribution in [3.63, 3.8) is 0 Å². The average Bonchev–Trinajstić information content (AvgIpc) is 2.34. The Morgan fingerprint density at radius 3 is 2.47 bits per heavy atom. The van der Waals surface area contributed by atoms with E-state index in [2.05, 4.69) is 26.6 Å². The molecule has 0 aromatic heterocycles. The van der Waals surface area contributed by atoms with Crippen molar-refractivity contribution in [1.29, 1.82) is 0 Å². The largest absolute Gasteiger partial charge is 0.324 e. The van der Waals surface area contributed by atoms with Crippen LogP contribution in [0.3, 0.4) is 0 Å². The van der Waals surface area contributed by atoms with Crippen molar-refractivity contribution >= 4 is 27.5 Å². The van der Waals surface area contributed by atoms with Gasteiger partial charge in [0.25, 0.3) is 0 Å². The molecule has 2 N–H and O–H groups in total. The van der Waals surface area contributed by atoms with Gasteiger partial charge in [-0.15, -0.1) is 0 Å². The van der Waals surface area contributed by atoms with E-state index >= 15 is 0 Å². The van der Waals surface area contributed by atoms with Gasteiger partial charge in [0, 0.05) is 10.2 Å². The van der Waals surface area contributed by atoms with E-state index in [0.717, 1.165) is 47.1 Å². The van der Waals surface area contributed by atoms with E-state index in [0.29, 0.717) is 0 Å². The lowest BCUT2D eigenvalue weighted by Gasteiger charge is -2.33. The van der Waals surface area contributed by atoms with Crippen LogP contribution in [0.15, 0.2) is 16.6 Å². The van der Waals surface area contributed by atoms with E-state index in [-0.39, 0.29) is 5.91 Å². The number of anilines is 1. The van der Waals surface area contributed by atoms with Gasteiger partial charge >= 0.3 is 0 Å². The summed E-state index contributed by atoms with van der Waals surface area (Å²) in [6.07, 6.45) is 3.15. The van der Waals surface area contributed by atoms with Gasteiger partial charge in [0.15, 0.2) is 0 Å². The molecular weight excluding hydrogens is 304 g/mol. The van der Waals surface area contributed by atoms with E-state index in [1.165, 1.54) is 0 Å². The first-order valence-corrected chi connectivity index (χ1v) is 7.55. The second-order valence-electron chi connectivity index (χ2n) is 5.58. The molecular formula is C15H21BrN2O. The summed E-state index contributed by atoms with van der Waals surface area (Å²) >= 11 is 3.48. The summed E-state index contributed by atoms with van der Waals surface area (Å²) in [5, 5.41) is 6.44. The van der Waals surface area contributed by atoms with Crippen molar-refractivity contribution in [3.8, 4) is 0 Å². The van der Waals surface area contributed by atoms with Crippen LogP contribution in [0.5, 0.6) is 0 Å². The fourth-order valence-electron chi connectivity index (χ4n) is 2.61. The fourth-order valence-corrected chi connectivity index (χ4v) is 3.30. The lowest BCUT2D eigenvalue weighted by Crippen LogP contribution is -2.54. The molecule has 19 heavy (non-hydrogen) atoms. The second-order valence-corrected chi connectivity index (χ2v) is 6.50. The van der Waals surface area contributed by atoms with Gasteiger partial charge in [-0.2, -0.15) is 0 Å². The van der Waals surface area contributed by atoms with Crippen LogP contribution in [0.2, 0.25) is 0 Å². The molecule has 1 saturated heterocycles. The number of hydrogen-bond donors (Lipinski definition) is 2. The second kappa shape index (κ2) is 5.63. The van der Waals surface area contributed by atoms with Crippen LogP contribution in [-0.4, -0.2) is 18.0 Å². The minimum absolute atomic E-state index is 0.0701.